The fraction of sp³-hybridized carbons (Fsp3) is 0.438. The molecule has 0 bridgehead atoms. The smallest absolute Gasteiger partial charge is 0.312 e. The SMILES string of the molecule is CCCC(=O)NCC(=O)N1Cc2ccccc2C(C(=O)O)C1. The maximum Gasteiger partial charge on any atom is 0.312 e. The van der Waals surface area contributed by atoms with Gasteiger partial charge in [0, 0.05) is 19.5 Å². The molecular formula is C16H20N2O4. The number of benzene rings is 1. The van der Waals surface area contributed by atoms with E-state index in [1.54, 1.807) is 12.1 Å². The summed E-state index contributed by atoms with van der Waals surface area (Å²) in [7, 11) is 0. The summed E-state index contributed by atoms with van der Waals surface area (Å²) in [5, 5.41) is 11.9. The summed E-state index contributed by atoms with van der Waals surface area (Å²) in [6.07, 6.45) is 1.10. The molecular weight excluding hydrogens is 284 g/mol. The molecule has 0 aliphatic carbocycles. The summed E-state index contributed by atoms with van der Waals surface area (Å²) < 4.78 is 0. The van der Waals surface area contributed by atoms with Gasteiger partial charge in [0.1, 0.15) is 0 Å². The highest BCUT2D eigenvalue weighted by Crippen LogP contribution is 2.28. The standard InChI is InChI=1S/C16H20N2O4/c1-2-5-14(19)17-8-15(20)18-9-11-6-3-4-7-12(11)13(10-18)16(21)22/h3-4,6-7,13H,2,5,8-10H2,1H3,(H,17,19)(H,21,22). The van der Waals surface area contributed by atoms with Gasteiger partial charge in [0.05, 0.1) is 12.5 Å². The summed E-state index contributed by atoms with van der Waals surface area (Å²) >= 11 is 0. The number of aliphatic carboxylic acids is 1. The summed E-state index contributed by atoms with van der Waals surface area (Å²) in [4.78, 5) is 36.6. The van der Waals surface area contributed by atoms with Crippen molar-refractivity contribution in [2.75, 3.05) is 13.1 Å². The van der Waals surface area contributed by atoms with E-state index in [1.807, 2.05) is 19.1 Å². The fourth-order valence-corrected chi connectivity index (χ4v) is 2.61. The molecule has 6 heteroatoms. The van der Waals surface area contributed by atoms with Crippen LogP contribution in [0.25, 0.3) is 0 Å². The second-order valence-electron chi connectivity index (χ2n) is 5.39. The molecule has 118 valence electrons. The van der Waals surface area contributed by atoms with Crippen molar-refractivity contribution in [3.8, 4) is 0 Å². The average Bonchev–Trinajstić information content (AvgIpc) is 2.51. The first-order valence-electron chi connectivity index (χ1n) is 7.38. The number of carboxylic acid groups (broad SMARTS) is 1. The van der Waals surface area contributed by atoms with Gasteiger partial charge in [-0.15, -0.1) is 0 Å². The van der Waals surface area contributed by atoms with E-state index in [2.05, 4.69) is 5.32 Å². The van der Waals surface area contributed by atoms with Crippen LogP contribution in [0.15, 0.2) is 24.3 Å². The molecule has 0 fully saturated rings. The maximum absolute atomic E-state index is 12.2. The van der Waals surface area contributed by atoms with Gasteiger partial charge in [-0.3, -0.25) is 14.4 Å². The Hall–Kier alpha value is -2.37. The molecule has 1 heterocycles. The number of amides is 2. The average molecular weight is 304 g/mol. The van der Waals surface area contributed by atoms with Gasteiger partial charge in [0.2, 0.25) is 11.8 Å². The zero-order chi connectivity index (χ0) is 16.1. The van der Waals surface area contributed by atoms with Crippen molar-refractivity contribution in [2.24, 2.45) is 0 Å². The molecule has 0 saturated carbocycles. The van der Waals surface area contributed by atoms with E-state index in [0.29, 0.717) is 13.0 Å². The highest BCUT2D eigenvalue weighted by molar-refractivity contribution is 5.86. The van der Waals surface area contributed by atoms with Crippen LogP contribution >= 0.6 is 0 Å². The van der Waals surface area contributed by atoms with Gasteiger partial charge in [-0.2, -0.15) is 0 Å². The Morgan fingerprint density at radius 1 is 1.32 bits per heavy atom. The van der Waals surface area contributed by atoms with Crippen molar-refractivity contribution in [3.05, 3.63) is 35.4 Å². The summed E-state index contributed by atoms with van der Waals surface area (Å²) in [5.74, 6) is -2.09. The minimum absolute atomic E-state index is 0.0899. The summed E-state index contributed by atoms with van der Waals surface area (Å²) in [6.45, 7) is 2.31. The molecule has 1 aromatic carbocycles. The highest BCUT2D eigenvalue weighted by Gasteiger charge is 2.32. The van der Waals surface area contributed by atoms with Crippen molar-refractivity contribution in [1.82, 2.24) is 10.2 Å². The van der Waals surface area contributed by atoms with E-state index in [9.17, 15) is 19.5 Å². The molecule has 2 amide bonds. The Morgan fingerprint density at radius 3 is 2.73 bits per heavy atom. The Kier molecular flexibility index (Phi) is 5.14. The molecule has 0 radical (unpaired) electrons. The molecule has 0 saturated heterocycles. The molecule has 1 aliphatic rings. The van der Waals surface area contributed by atoms with Crippen molar-refractivity contribution >= 4 is 17.8 Å². The molecule has 6 nitrogen and oxygen atoms in total. The molecule has 0 spiro atoms. The van der Waals surface area contributed by atoms with E-state index < -0.39 is 11.9 Å². The van der Waals surface area contributed by atoms with Gasteiger partial charge in [0.15, 0.2) is 0 Å². The third-order valence-electron chi connectivity index (χ3n) is 3.76. The number of carboxylic acids is 1. The van der Waals surface area contributed by atoms with Gasteiger partial charge in [-0.05, 0) is 17.5 Å². The van der Waals surface area contributed by atoms with Crippen LogP contribution in [-0.4, -0.2) is 40.9 Å². The number of carbonyl (C=O) groups excluding carboxylic acids is 2. The lowest BCUT2D eigenvalue weighted by molar-refractivity contribution is -0.141. The minimum Gasteiger partial charge on any atom is -0.481 e. The van der Waals surface area contributed by atoms with Gasteiger partial charge in [0.25, 0.3) is 0 Å². The number of carbonyl (C=O) groups is 3. The third kappa shape index (κ3) is 3.63. The minimum atomic E-state index is -0.944. The second-order valence-corrected chi connectivity index (χ2v) is 5.39. The van der Waals surface area contributed by atoms with Crippen LogP contribution in [0.2, 0.25) is 0 Å². The summed E-state index contributed by atoms with van der Waals surface area (Å²) in [6, 6.07) is 7.26. The molecule has 1 unspecified atom stereocenters. The molecule has 22 heavy (non-hydrogen) atoms. The molecule has 0 aromatic heterocycles. The monoisotopic (exact) mass is 304 g/mol. The first kappa shape index (κ1) is 16.0. The van der Waals surface area contributed by atoms with E-state index >= 15 is 0 Å². The van der Waals surface area contributed by atoms with Crippen LogP contribution in [-0.2, 0) is 20.9 Å². The number of nitrogens with one attached hydrogen (secondary N) is 1. The Labute approximate surface area is 129 Å². The van der Waals surface area contributed by atoms with E-state index in [0.717, 1.165) is 17.5 Å². The van der Waals surface area contributed by atoms with E-state index in [-0.39, 0.29) is 24.9 Å². The van der Waals surface area contributed by atoms with Crippen molar-refractivity contribution in [3.63, 3.8) is 0 Å². The predicted octanol–water partition coefficient (Wildman–Crippen LogP) is 1.11. The Morgan fingerprint density at radius 2 is 2.05 bits per heavy atom. The van der Waals surface area contributed by atoms with Crippen LogP contribution in [0.3, 0.4) is 0 Å². The predicted molar refractivity (Wildman–Crippen MR) is 80.2 cm³/mol. The first-order chi connectivity index (χ1) is 10.5. The van der Waals surface area contributed by atoms with Gasteiger partial charge in [-0.25, -0.2) is 0 Å². The van der Waals surface area contributed by atoms with Crippen LogP contribution in [0.4, 0.5) is 0 Å². The van der Waals surface area contributed by atoms with Gasteiger partial charge in [-0.1, -0.05) is 31.2 Å². The van der Waals surface area contributed by atoms with E-state index in [1.165, 1.54) is 4.90 Å². The summed E-state index contributed by atoms with van der Waals surface area (Å²) in [5.41, 5.74) is 1.60. The molecule has 2 rings (SSSR count). The molecule has 2 N–H and O–H groups in total. The molecule has 1 aliphatic heterocycles. The number of rotatable bonds is 5. The van der Waals surface area contributed by atoms with Gasteiger partial charge < -0.3 is 15.3 Å². The quantitative estimate of drug-likeness (QED) is 0.853. The highest BCUT2D eigenvalue weighted by atomic mass is 16.4. The first-order valence-corrected chi connectivity index (χ1v) is 7.38. The van der Waals surface area contributed by atoms with Crippen LogP contribution < -0.4 is 5.32 Å². The van der Waals surface area contributed by atoms with Crippen molar-refractivity contribution in [2.45, 2.75) is 32.2 Å². The third-order valence-corrected chi connectivity index (χ3v) is 3.76. The number of fused-ring (bicyclic) bond motifs is 1. The second kappa shape index (κ2) is 7.06. The largest absolute Gasteiger partial charge is 0.481 e. The molecule has 1 aromatic rings. The topological polar surface area (TPSA) is 86.7 Å². The van der Waals surface area contributed by atoms with Crippen molar-refractivity contribution in [1.29, 1.82) is 0 Å². The lowest BCUT2D eigenvalue weighted by atomic mass is 9.90. The van der Waals surface area contributed by atoms with Crippen LogP contribution in [0.5, 0.6) is 0 Å². The number of hydrogen-bond acceptors (Lipinski definition) is 3. The normalized spacial score (nSPS) is 16.8. The zero-order valence-corrected chi connectivity index (χ0v) is 12.5. The number of nitrogens with zero attached hydrogens (tertiary/aromatic N) is 1. The van der Waals surface area contributed by atoms with Crippen LogP contribution in [0, 0.1) is 0 Å². The van der Waals surface area contributed by atoms with E-state index in [4.69, 9.17) is 0 Å². The lowest BCUT2D eigenvalue weighted by Crippen LogP contribution is -2.45. The van der Waals surface area contributed by atoms with Crippen molar-refractivity contribution < 1.29 is 19.5 Å². The zero-order valence-electron chi connectivity index (χ0n) is 12.5. The van der Waals surface area contributed by atoms with Crippen LogP contribution in [0.1, 0.15) is 36.8 Å². The number of hydrogen-bond donors (Lipinski definition) is 2. The lowest BCUT2D eigenvalue weighted by Gasteiger charge is -2.32. The fourth-order valence-electron chi connectivity index (χ4n) is 2.61. The Balaban J connectivity index is 2.06. The maximum atomic E-state index is 12.2. The molecule has 1 atom stereocenters. The Bertz CT molecular complexity index is 585. The van der Waals surface area contributed by atoms with Gasteiger partial charge >= 0.3 is 5.97 Å².